The molecule has 0 aromatic heterocycles. The van der Waals surface area contributed by atoms with E-state index in [-0.39, 0.29) is 55.4 Å². The second-order valence-electron chi connectivity index (χ2n) is 7.33. The van der Waals surface area contributed by atoms with Crippen LogP contribution in [0, 0.1) is 0 Å². The van der Waals surface area contributed by atoms with Crippen LogP contribution in [-0.4, -0.2) is 57.9 Å². The molecule has 2 aliphatic rings. The molecule has 0 unspecified atom stereocenters. The molecule has 0 aliphatic carbocycles. The summed E-state index contributed by atoms with van der Waals surface area (Å²) in [6.45, 7) is 1.77. The van der Waals surface area contributed by atoms with E-state index in [1.54, 1.807) is 12.1 Å². The molecule has 1 aromatic rings. The molecule has 8 nitrogen and oxygen atoms in total. The van der Waals surface area contributed by atoms with Crippen LogP contribution in [0.15, 0.2) is 24.3 Å². The second-order valence-corrected chi connectivity index (χ2v) is 7.33. The van der Waals surface area contributed by atoms with Gasteiger partial charge in [0.25, 0.3) is 0 Å². The minimum atomic E-state index is -0.556. The van der Waals surface area contributed by atoms with Gasteiger partial charge in [-0.1, -0.05) is 12.2 Å². The zero-order valence-corrected chi connectivity index (χ0v) is 17.6. The van der Waals surface area contributed by atoms with Crippen molar-refractivity contribution in [3.05, 3.63) is 35.4 Å². The third kappa shape index (κ3) is 6.04. The molecule has 8 heteroatoms. The maximum Gasteiger partial charge on any atom is 0.342 e. The van der Waals surface area contributed by atoms with Crippen LogP contribution < -0.4 is 9.47 Å². The first-order valence-corrected chi connectivity index (χ1v) is 9.97. The molecule has 0 N–H and O–H groups in total. The predicted octanol–water partition coefficient (Wildman–Crippen LogP) is 2.82. The summed E-state index contributed by atoms with van der Waals surface area (Å²) in [6, 6.07) is 3.22. The van der Waals surface area contributed by atoms with Crippen molar-refractivity contribution in [3.8, 4) is 11.5 Å². The van der Waals surface area contributed by atoms with Gasteiger partial charge in [0, 0.05) is 39.5 Å². The predicted molar refractivity (Wildman–Crippen MR) is 107 cm³/mol. The lowest BCUT2D eigenvalue weighted by Gasteiger charge is -2.19. The molecule has 2 aliphatic heterocycles. The van der Waals surface area contributed by atoms with Crippen LogP contribution >= 0.6 is 0 Å². The molecule has 2 heterocycles. The Hall–Kier alpha value is -2.42. The van der Waals surface area contributed by atoms with Crippen molar-refractivity contribution in [2.24, 2.45) is 0 Å². The number of carbonyl (C=O) groups is 2. The Kier molecular flexibility index (Phi) is 7.84. The SMILES string of the molecule is COCOc1cc2c(c(OCOC)c1)C(=O)O[C@H](C)C[C@H]1O[C@@H]1/C=C/CCC(=O)C2. The van der Waals surface area contributed by atoms with Crippen LogP contribution in [0.3, 0.4) is 0 Å². The topological polar surface area (TPSA) is 92.8 Å². The highest BCUT2D eigenvalue weighted by Crippen LogP contribution is 2.33. The summed E-state index contributed by atoms with van der Waals surface area (Å²) in [5, 5.41) is 0. The van der Waals surface area contributed by atoms with E-state index in [2.05, 4.69) is 0 Å². The molecular weight excluding hydrogens is 392 g/mol. The quantitative estimate of drug-likeness (QED) is 0.300. The van der Waals surface area contributed by atoms with Crippen molar-refractivity contribution in [2.75, 3.05) is 27.8 Å². The molecule has 0 saturated carbocycles. The summed E-state index contributed by atoms with van der Waals surface area (Å²) in [7, 11) is 2.99. The fraction of sp³-hybridized carbons (Fsp3) is 0.545. The van der Waals surface area contributed by atoms with Crippen molar-refractivity contribution in [2.45, 2.75) is 50.9 Å². The first-order chi connectivity index (χ1) is 14.5. The Labute approximate surface area is 176 Å². The average Bonchev–Trinajstić information content (AvgIpc) is 3.44. The Bertz CT molecular complexity index is 788. The number of Topliss-reactive ketones (excluding diaryl/α,β-unsaturated/α-hetero) is 1. The van der Waals surface area contributed by atoms with Crippen LogP contribution in [-0.2, 0) is 30.2 Å². The molecule has 0 radical (unpaired) electrons. The highest BCUT2D eigenvalue weighted by atomic mass is 16.7. The molecule has 0 bridgehead atoms. The largest absolute Gasteiger partial charge is 0.467 e. The molecule has 164 valence electrons. The summed E-state index contributed by atoms with van der Waals surface area (Å²) in [5.74, 6) is 0.0942. The van der Waals surface area contributed by atoms with Crippen LogP contribution in [0.2, 0.25) is 0 Å². The molecule has 1 fully saturated rings. The van der Waals surface area contributed by atoms with E-state index in [4.69, 9.17) is 28.4 Å². The molecule has 3 atom stereocenters. The van der Waals surface area contributed by atoms with Gasteiger partial charge in [-0.3, -0.25) is 4.79 Å². The van der Waals surface area contributed by atoms with Gasteiger partial charge in [-0.25, -0.2) is 4.79 Å². The van der Waals surface area contributed by atoms with Gasteiger partial charge in [0.2, 0.25) is 0 Å². The van der Waals surface area contributed by atoms with Crippen molar-refractivity contribution >= 4 is 11.8 Å². The average molecular weight is 420 g/mol. The van der Waals surface area contributed by atoms with Gasteiger partial charge in [-0.05, 0) is 25.0 Å². The summed E-state index contributed by atoms with van der Waals surface area (Å²) in [6.07, 6.45) is 5.27. The van der Waals surface area contributed by atoms with Crippen LogP contribution in [0.1, 0.15) is 42.1 Å². The molecule has 1 aromatic carbocycles. The van der Waals surface area contributed by atoms with E-state index in [1.807, 2.05) is 19.1 Å². The maximum absolute atomic E-state index is 13.0. The highest BCUT2D eigenvalue weighted by Gasteiger charge is 2.38. The Morgan fingerprint density at radius 3 is 2.63 bits per heavy atom. The van der Waals surface area contributed by atoms with Crippen molar-refractivity contribution in [3.63, 3.8) is 0 Å². The standard InChI is InChI=1S/C22H28O8/c1-14-8-19-18(30-19)7-5-4-6-16(23)9-15-10-17(27-12-25-2)11-20(28-13-26-3)21(15)22(24)29-14/h5,7,10-11,14,18-19H,4,6,8-9,12-13H2,1-3H3/b7-5+/t14-,18-,19-/m1/s1. The van der Waals surface area contributed by atoms with Crippen molar-refractivity contribution in [1.82, 2.24) is 0 Å². The third-order valence-electron chi connectivity index (χ3n) is 4.83. The number of epoxide rings is 1. The number of ether oxygens (including phenoxy) is 6. The van der Waals surface area contributed by atoms with Crippen molar-refractivity contribution in [1.29, 1.82) is 0 Å². The normalized spacial score (nSPS) is 25.4. The van der Waals surface area contributed by atoms with E-state index in [1.165, 1.54) is 14.2 Å². The van der Waals surface area contributed by atoms with Crippen LogP contribution in [0.5, 0.6) is 11.5 Å². The molecule has 0 amide bonds. The van der Waals surface area contributed by atoms with E-state index >= 15 is 0 Å². The van der Waals surface area contributed by atoms with Gasteiger partial charge in [0.15, 0.2) is 13.6 Å². The van der Waals surface area contributed by atoms with Crippen molar-refractivity contribution < 1.29 is 38.0 Å². The smallest absolute Gasteiger partial charge is 0.342 e. The molecular formula is C22H28O8. The number of benzene rings is 1. The number of hydrogen-bond donors (Lipinski definition) is 0. The summed E-state index contributed by atoms with van der Waals surface area (Å²) >= 11 is 0. The molecule has 1 saturated heterocycles. The molecule has 30 heavy (non-hydrogen) atoms. The Morgan fingerprint density at radius 1 is 1.10 bits per heavy atom. The highest BCUT2D eigenvalue weighted by molar-refractivity contribution is 5.96. The minimum absolute atomic E-state index is 0.00587. The number of ketones is 1. The van der Waals surface area contributed by atoms with Gasteiger partial charge < -0.3 is 28.4 Å². The number of methoxy groups -OCH3 is 2. The number of carbonyl (C=O) groups excluding carboxylic acids is 2. The summed E-state index contributed by atoms with van der Waals surface area (Å²) < 4.78 is 32.3. The first-order valence-electron chi connectivity index (χ1n) is 9.97. The van der Waals surface area contributed by atoms with Gasteiger partial charge >= 0.3 is 5.97 Å². The zero-order chi connectivity index (χ0) is 21.5. The van der Waals surface area contributed by atoms with Crippen LogP contribution in [0.4, 0.5) is 0 Å². The number of rotatable bonds is 6. The maximum atomic E-state index is 13.0. The third-order valence-corrected chi connectivity index (χ3v) is 4.83. The Balaban J connectivity index is 1.95. The summed E-state index contributed by atoms with van der Waals surface area (Å²) in [4.78, 5) is 25.6. The molecule has 0 spiro atoms. The lowest BCUT2D eigenvalue weighted by Crippen LogP contribution is -2.21. The fourth-order valence-corrected chi connectivity index (χ4v) is 3.37. The number of allylic oxidation sites excluding steroid dienone is 1. The number of fused-ring (bicyclic) bond motifs is 2. The lowest BCUT2D eigenvalue weighted by molar-refractivity contribution is -0.118. The van der Waals surface area contributed by atoms with E-state index in [0.29, 0.717) is 30.6 Å². The van der Waals surface area contributed by atoms with Gasteiger partial charge in [0.1, 0.15) is 35.1 Å². The fourth-order valence-electron chi connectivity index (χ4n) is 3.37. The van der Waals surface area contributed by atoms with Gasteiger partial charge in [0.05, 0.1) is 6.10 Å². The minimum Gasteiger partial charge on any atom is -0.467 e. The summed E-state index contributed by atoms with van der Waals surface area (Å²) in [5.41, 5.74) is 0.691. The van der Waals surface area contributed by atoms with Gasteiger partial charge in [-0.15, -0.1) is 0 Å². The Morgan fingerprint density at radius 2 is 1.87 bits per heavy atom. The van der Waals surface area contributed by atoms with E-state index in [9.17, 15) is 9.59 Å². The first kappa shape index (κ1) is 22.3. The van der Waals surface area contributed by atoms with Gasteiger partial charge in [-0.2, -0.15) is 0 Å². The monoisotopic (exact) mass is 420 g/mol. The number of cyclic esters (lactones) is 1. The van der Waals surface area contributed by atoms with Crippen LogP contribution in [0.25, 0.3) is 0 Å². The van der Waals surface area contributed by atoms with E-state index in [0.717, 1.165) is 0 Å². The van der Waals surface area contributed by atoms with E-state index < -0.39 is 5.97 Å². The zero-order valence-electron chi connectivity index (χ0n) is 17.6. The molecule has 3 rings (SSSR count). The number of esters is 1. The lowest BCUT2D eigenvalue weighted by atomic mass is 9.98. The number of hydrogen-bond acceptors (Lipinski definition) is 8. The second kappa shape index (κ2) is 10.6.